The maximum atomic E-state index is 4.31. The summed E-state index contributed by atoms with van der Waals surface area (Å²) in [4.78, 5) is 12.8. The standard InChI is InChI=1S/C10H12N4/c1-7-5-8(6-9(11-2)14-7)10-12-3-4-13-10/h3,5-6H,4H2,1-2H3,(H,11,14). The van der Waals surface area contributed by atoms with Crippen LogP contribution in [0.5, 0.6) is 0 Å². The molecule has 72 valence electrons. The Morgan fingerprint density at radius 2 is 2.21 bits per heavy atom. The molecule has 4 heteroatoms. The molecule has 4 nitrogen and oxygen atoms in total. The van der Waals surface area contributed by atoms with Crippen LogP contribution in [0.1, 0.15) is 11.3 Å². The lowest BCUT2D eigenvalue weighted by Gasteiger charge is -2.04. The number of hydrogen-bond acceptors (Lipinski definition) is 4. The van der Waals surface area contributed by atoms with E-state index in [0.717, 1.165) is 22.9 Å². The van der Waals surface area contributed by atoms with Gasteiger partial charge in [0, 0.05) is 24.5 Å². The van der Waals surface area contributed by atoms with E-state index in [1.807, 2.05) is 32.3 Å². The Kier molecular flexibility index (Phi) is 2.26. The smallest absolute Gasteiger partial charge is 0.154 e. The van der Waals surface area contributed by atoms with E-state index in [0.29, 0.717) is 6.54 Å². The molecule has 1 N–H and O–H groups in total. The molecule has 0 fully saturated rings. The Hall–Kier alpha value is -1.71. The largest absolute Gasteiger partial charge is 0.373 e. The molecule has 1 aliphatic heterocycles. The van der Waals surface area contributed by atoms with Gasteiger partial charge in [-0.1, -0.05) is 0 Å². The fourth-order valence-electron chi connectivity index (χ4n) is 1.39. The van der Waals surface area contributed by atoms with Crippen molar-refractivity contribution in [1.29, 1.82) is 0 Å². The molecule has 0 spiro atoms. The minimum Gasteiger partial charge on any atom is -0.373 e. The van der Waals surface area contributed by atoms with Gasteiger partial charge in [0.25, 0.3) is 0 Å². The fraction of sp³-hybridized carbons (Fsp3) is 0.300. The van der Waals surface area contributed by atoms with Gasteiger partial charge in [-0.05, 0) is 19.1 Å². The molecule has 1 aliphatic rings. The van der Waals surface area contributed by atoms with Gasteiger partial charge in [0.15, 0.2) is 5.84 Å². The first kappa shape index (κ1) is 8.87. The summed E-state index contributed by atoms with van der Waals surface area (Å²) in [5.74, 6) is 1.65. The summed E-state index contributed by atoms with van der Waals surface area (Å²) < 4.78 is 0. The molecule has 2 rings (SSSR count). The van der Waals surface area contributed by atoms with Crippen LogP contribution in [0.3, 0.4) is 0 Å². The third kappa shape index (κ3) is 1.64. The van der Waals surface area contributed by atoms with Gasteiger partial charge in [-0.3, -0.25) is 4.99 Å². The summed E-state index contributed by atoms with van der Waals surface area (Å²) in [6, 6.07) is 3.94. The molecule has 0 aliphatic carbocycles. The lowest BCUT2D eigenvalue weighted by Crippen LogP contribution is -2.00. The molecule has 0 aromatic carbocycles. The number of nitrogens with one attached hydrogen (secondary N) is 1. The molecule has 0 unspecified atom stereocenters. The van der Waals surface area contributed by atoms with Gasteiger partial charge in [0.2, 0.25) is 0 Å². The zero-order valence-electron chi connectivity index (χ0n) is 8.28. The first-order valence-electron chi connectivity index (χ1n) is 4.53. The van der Waals surface area contributed by atoms with Gasteiger partial charge in [0.1, 0.15) is 5.82 Å². The summed E-state index contributed by atoms with van der Waals surface area (Å²) in [6.07, 6.45) is 1.81. The molecule has 0 saturated carbocycles. The predicted octanol–water partition coefficient (Wildman–Crippen LogP) is 1.26. The predicted molar refractivity (Wildman–Crippen MR) is 58.4 cm³/mol. The number of anilines is 1. The van der Waals surface area contributed by atoms with Crippen molar-refractivity contribution in [3.63, 3.8) is 0 Å². The first-order valence-corrected chi connectivity index (χ1v) is 4.53. The molecule has 0 radical (unpaired) electrons. The molecule has 2 heterocycles. The van der Waals surface area contributed by atoms with E-state index in [4.69, 9.17) is 0 Å². The van der Waals surface area contributed by atoms with Crippen molar-refractivity contribution in [3.05, 3.63) is 23.4 Å². The van der Waals surface area contributed by atoms with Crippen LogP contribution in [-0.4, -0.2) is 30.6 Å². The minimum atomic E-state index is 0.686. The number of nitrogens with zero attached hydrogens (tertiary/aromatic N) is 3. The van der Waals surface area contributed by atoms with Crippen LogP contribution in [0.15, 0.2) is 22.1 Å². The highest BCUT2D eigenvalue weighted by Crippen LogP contribution is 2.12. The van der Waals surface area contributed by atoms with E-state index < -0.39 is 0 Å². The Bertz CT molecular complexity index is 407. The van der Waals surface area contributed by atoms with Crippen molar-refractivity contribution < 1.29 is 0 Å². The van der Waals surface area contributed by atoms with Crippen molar-refractivity contribution in [2.45, 2.75) is 6.92 Å². The highest BCUT2D eigenvalue weighted by atomic mass is 15.0. The summed E-state index contributed by atoms with van der Waals surface area (Å²) in [7, 11) is 1.85. The van der Waals surface area contributed by atoms with E-state index in [2.05, 4.69) is 20.3 Å². The molecule has 1 aromatic rings. The van der Waals surface area contributed by atoms with Crippen molar-refractivity contribution in [2.75, 3.05) is 18.9 Å². The molecular weight excluding hydrogens is 176 g/mol. The first-order chi connectivity index (χ1) is 6.79. The maximum Gasteiger partial charge on any atom is 0.154 e. The monoisotopic (exact) mass is 188 g/mol. The van der Waals surface area contributed by atoms with Gasteiger partial charge in [-0.15, -0.1) is 0 Å². The number of amidine groups is 1. The van der Waals surface area contributed by atoms with E-state index in [-0.39, 0.29) is 0 Å². The molecular formula is C10H12N4. The second kappa shape index (κ2) is 3.57. The van der Waals surface area contributed by atoms with Crippen molar-refractivity contribution in [1.82, 2.24) is 4.98 Å². The van der Waals surface area contributed by atoms with Gasteiger partial charge >= 0.3 is 0 Å². The van der Waals surface area contributed by atoms with Crippen molar-refractivity contribution in [2.24, 2.45) is 9.98 Å². The molecule has 14 heavy (non-hydrogen) atoms. The Morgan fingerprint density at radius 3 is 2.86 bits per heavy atom. The Morgan fingerprint density at radius 1 is 1.36 bits per heavy atom. The summed E-state index contributed by atoms with van der Waals surface area (Å²) in [5, 5.41) is 3.01. The van der Waals surface area contributed by atoms with Crippen LogP contribution in [0.4, 0.5) is 5.82 Å². The van der Waals surface area contributed by atoms with Crippen LogP contribution in [0.25, 0.3) is 0 Å². The molecule has 0 atom stereocenters. The topological polar surface area (TPSA) is 49.6 Å². The second-order valence-corrected chi connectivity index (χ2v) is 3.11. The SMILES string of the molecule is CNc1cc(C2=NCC=N2)cc(C)n1. The third-order valence-electron chi connectivity index (χ3n) is 2.00. The number of aromatic nitrogens is 1. The number of rotatable bonds is 2. The molecule has 0 bridgehead atoms. The minimum absolute atomic E-state index is 0.686. The molecule has 0 saturated heterocycles. The Labute approximate surface area is 82.8 Å². The summed E-state index contributed by atoms with van der Waals surface area (Å²) >= 11 is 0. The van der Waals surface area contributed by atoms with Gasteiger partial charge in [0.05, 0.1) is 6.54 Å². The van der Waals surface area contributed by atoms with Crippen LogP contribution in [-0.2, 0) is 0 Å². The number of aryl methyl sites for hydroxylation is 1. The Balaban J connectivity index is 2.42. The fourth-order valence-corrected chi connectivity index (χ4v) is 1.39. The quantitative estimate of drug-likeness (QED) is 0.759. The van der Waals surface area contributed by atoms with E-state index in [1.165, 1.54) is 0 Å². The van der Waals surface area contributed by atoms with E-state index >= 15 is 0 Å². The average molecular weight is 188 g/mol. The number of pyridine rings is 1. The molecule has 1 aromatic heterocycles. The second-order valence-electron chi connectivity index (χ2n) is 3.11. The average Bonchev–Trinajstić information content (AvgIpc) is 2.69. The van der Waals surface area contributed by atoms with Crippen LogP contribution in [0.2, 0.25) is 0 Å². The van der Waals surface area contributed by atoms with Crippen LogP contribution < -0.4 is 5.32 Å². The molecule has 0 amide bonds. The highest BCUT2D eigenvalue weighted by Gasteiger charge is 2.07. The van der Waals surface area contributed by atoms with E-state index in [1.54, 1.807) is 0 Å². The van der Waals surface area contributed by atoms with Gasteiger partial charge < -0.3 is 5.32 Å². The van der Waals surface area contributed by atoms with Gasteiger partial charge in [-0.2, -0.15) is 0 Å². The van der Waals surface area contributed by atoms with Crippen LogP contribution in [0, 0.1) is 6.92 Å². The van der Waals surface area contributed by atoms with E-state index in [9.17, 15) is 0 Å². The number of aliphatic imine (C=N–C) groups is 2. The zero-order valence-corrected chi connectivity index (χ0v) is 8.28. The third-order valence-corrected chi connectivity index (χ3v) is 2.00. The van der Waals surface area contributed by atoms with Crippen LogP contribution >= 0.6 is 0 Å². The lowest BCUT2D eigenvalue weighted by atomic mass is 10.2. The van der Waals surface area contributed by atoms with Crippen molar-refractivity contribution in [3.8, 4) is 0 Å². The number of hydrogen-bond donors (Lipinski definition) is 1. The maximum absolute atomic E-state index is 4.31. The lowest BCUT2D eigenvalue weighted by molar-refractivity contribution is 1.18. The zero-order chi connectivity index (χ0) is 9.97. The summed E-state index contributed by atoms with van der Waals surface area (Å²) in [6.45, 7) is 2.65. The summed E-state index contributed by atoms with van der Waals surface area (Å²) in [5.41, 5.74) is 1.99. The van der Waals surface area contributed by atoms with Gasteiger partial charge in [-0.25, -0.2) is 9.98 Å². The normalized spacial score (nSPS) is 14.3. The highest BCUT2D eigenvalue weighted by molar-refractivity contribution is 6.06. The van der Waals surface area contributed by atoms with Crippen molar-refractivity contribution >= 4 is 17.9 Å².